The van der Waals surface area contributed by atoms with Crippen molar-refractivity contribution in [1.29, 1.82) is 0 Å². The molecule has 0 radical (unpaired) electrons. The van der Waals surface area contributed by atoms with Gasteiger partial charge in [0.1, 0.15) is 11.6 Å². The van der Waals surface area contributed by atoms with E-state index in [4.69, 9.17) is 5.10 Å². The summed E-state index contributed by atoms with van der Waals surface area (Å²) in [6, 6.07) is 2.04. The number of aromatic nitrogens is 5. The van der Waals surface area contributed by atoms with Gasteiger partial charge in [0, 0.05) is 43.7 Å². The number of hydrogen-bond donors (Lipinski definition) is 1. The molecule has 2 aromatic heterocycles. The fourth-order valence-corrected chi connectivity index (χ4v) is 4.63. The molecular weight excluding hydrogens is 402 g/mol. The predicted octanol–water partition coefficient (Wildman–Crippen LogP) is 2.65. The zero-order chi connectivity index (χ0) is 20.2. The molecule has 8 nitrogen and oxygen atoms in total. The highest BCUT2D eigenvalue weighted by atomic mass is 35.5. The average Bonchev–Trinajstić information content (AvgIpc) is 3.30. The van der Waals surface area contributed by atoms with Crippen LogP contribution in [0.15, 0.2) is 6.07 Å². The average molecular weight is 434 g/mol. The van der Waals surface area contributed by atoms with Gasteiger partial charge in [-0.3, -0.25) is 9.48 Å². The molecule has 164 valence electrons. The summed E-state index contributed by atoms with van der Waals surface area (Å²) >= 11 is 0. The van der Waals surface area contributed by atoms with Crippen molar-refractivity contribution < 1.29 is 4.79 Å². The van der Waals surface area contributed by atoms with Gasteiger partial charge in [-0.2, -0.15) is 5.10 Å². The minimum absolute atomic E-state index is 0. The van der Waals surface area contributed by atoms with Crippen LogP contribution in [-0.2, 0) is 18.6 Å². The van der Waals surface area contributed by atoms with Crippen LogP contribution in [-0.4, -0.2) is 55.0 Å². The Balaban J connectivity index is 0.00000218. The topological polar surface area (TPSA) is 80.9 Å². The molecule has 1 saturated carbocycles. The fraction of sp³-hybridized carbons (Fsp3) is 0.714. The summed E-state index contributed by atoms with van der Waals surface area (Å²) in [5, 5.41) is 16.9. The lowest BCUT2D eigenvalue weighted by Gasteiger charge is -2.31. The first-order valence-electron chi connectivity index (χ1n) is 10.9. The van der Waals surface area contributed by atoms with Crippen LogP contribution in [0.5, 0.6) is 0 Å². The number of carbonyl (C=O) groups is 1. The van der Waals surface area contributed by atoms with Crippen molar-refractivity contribution in [3.63, 3.8) is 0 Å². The Morgan fingerprint density at radius 3 is 2.47 bits per heavy atom. The lowest BCUT2D eigenvalue weighted by molar-refractivity contribution is 0.0702. The van der Waals surface area contributed by atoms with Crippen LogP contribution in [0.2, 0.25) is 0 Å². The number of nitrogens with zero attached hydrogens (tertiary/aromatic N) is 6. The molecule has 9 heteroatoms. The maximum atomic E-state index is 13.2. The molecule has 0 spiro atoms. The number of hydrogen-bond acceptors (Lipinski definition) is 5. The monoisotopic (exact) mass is 433 g/mol. The second-order valence-corrected chi connectivity index (χ2v) is 9.68. The van der Waals surface area contributed by atoms with Gasteiger partial charge in [0.15, 0.2) is 5.69 Å². The number of nitrogens with one attached hydrogen (secondary N) is 1. The van der Waals surface area contributed by atoms with Crippen LogP contribution in [0.1, 0.15) is 86.1 Å². The number of piperidine rings is 1. The van der Waals surface area contributed by atoms with Gasteiger partial charge in [-0.05, 0) is 52.5 Å². The van der Waals surface area contributed by atoms with Crippen molar-refractivity contribution in [2.75, 3.05) is 19.6 Å². The number of fused-ring (bicyclic) bond motifs is 1. The second kappa shape index (κ2) is 7.96. The smallest absolute Gasteiger partial charge is 0.274 e. The molecule has 0 unspecified atom stereocenters. The molecule has 1 saturated heterocycles. The van der Waals surface area contributed by atoms with E-state index in [1.54, 1.807) is 0 Å². The van der Waals surface area contributed by atoms with Crippen LogP contribution < -0.4 is 5.32 Å². The highest BCUT2D eigenvalue weighted by Crippen LogP contribution is 2.42. The summed E-state index contributed by atoms with van der Waals surface area (Å²) in [7, 11) is 0. The van der Waals surface area contributed by atoms with E-state index in [0.29, 0.717) is 17.5 Å². The molecule has 2 aliphatic heterocycles. The van der Waals surface area contributed by atoms with E-state index in [9.17, 15) is 4.79 Å². The van der Waals surface area contributed by atoms with Crippen molar-refractivity contribution in [3.05, 3.63) is 29.1 Å². The SMILES string of the molecule is CC(C)(C)n1nc(C(=O)N2CCC(c3nnc4n3CCNC4)CC2)cc1C1CC1.Cl. The number of rotatable bonds is 3. The number of halogens is 1. The molecular formula is C21H32ClN7O. The standard InChI is InChI=1S/C21H31N7O.ClH/c1-21(2,3)28-17(14-4-5-14)12-16(25-28)20(29)26-9-6-15(7-10-26)19-24-23-18-13-22-8-11-27(18)19;/h12,14-15,22H,4-11,13H2,1-3H3;1H. The second-order valence-electron chi connectivity index (χ2n) is 9.68. The normalized spacial score (nSPS) is 20.0. The molecule has 5 rings (SSSR count). The van der Waals surface area contributed by atoms with Crippen molar-refractivity contribution in [2.24, 2.45) is 0 Å². The molecule has 2 aromatic rings. The van der Waals surface area contributed by atoms with Crippen molar-refractivity contribution >= 4 is 18.3 Å². The van der Waals surface area contributed by atoms with Crippen LogP contribution >= 0.6 is 12.4 Å². The van der Waals surface area contributed by atoms with Crippen LogP contribution in [0, 0.1) is 0 Å². The summed E-state index contributed by atoms with van der Waals surface area (Å²) in [5.41, 5.74) is 1.72. The van der Waals surface area contributed by atoms with Crippen molar-refractivity contribution in [3.8, 4) is 0 Å². The van der Waals surface area contributed by atoms with E-state index in [2.05, 4.69) is 45.5 Å². The molecule has 1 aliphatic carbocycles. The Labute approximate surface area is 183 Å². The Kier molecular flexibility index (Phi) is 5.66. The first kappa shape index (κ1) is 21.3. The van der Waals surface area contributed by atoms with Gasteiger partial charge in [0.25, 0.3) is 5.91 Å². The van der Waals surface area contributed by atoms with Crippen LogP contribution in [0.3, 0.4) is 0 Å². The van der Waals surface area contributed by atoms with Crippen molar-refractivity contribution in [2.45, 2.75) is 76.9 Å². The first-order chi connectivity index (χ1) is 13.9. The highest BCUT2D eigenvalue weighted by molar-refractivity contribution is 5.92. The quantitative estimate of drug-likeness (QED) is 0.804. The molecule has 1 N–H and O–H groups in total. The van der Waals surface area contributed by atoms with E-state index < -0.39 is 0 Å². The molecule has 30 heavy (non-hydrogen) atoms. The fourth-order valence-electron chi connectivity index (χ4n) is 4.63. The third kappa shape index (κ3) is 3.87. The highest BCUT2D eigenvalue weighted by Gasteiger charge is 2.34. The molecule has 1 amide bonds. The van der Waals surface area contributed by atoms with Gasteiger partial charge < -0.3 is 14.8 Å². The summed E-state index contributed by atoms with van der Waals surface area (Å²) in [4.78, 5) is 15.1. The van der Waals surface area contributed by atoms with E-state index >= 15 is 0 Å². The number of carbonyl (C=O) groups excluding carboxylic acids is 1. The molecule has 2 fully saturated rings. The van der Waals surface area contributed by atoms with E-state index in [0.717, 1.165) is 57.2 Å². The maximum Gasteiger partial charge on any atom is 0.274 e. The first-order valence-corrected chi connectivity index (χ1v) is 10.9. The molecule has 0 bridgehead atoms. The number of likely N-dealkylation sites (tertiary alicyclic amines) is 1. The molecule has 4 heterocycles. The van der Waals surface area contributed by atoms with Crippen LogP contribution in [0.25, 0.3) is 0 Å². The van der Waals surface area contributed by atoms with Crippen LogP contribution in [0.4, 0.5) is 0 Å². The summed E-state index contributed by atoms with van der Waals surface area (Å²) in [6.45, 7) is 10.7. The van der Waals surface area contributed by atoms with Gasteiger partial charge in [-0.25, -0.2) is 0 Å². The van der Waals surface area contributed by atoms with Crippen molar-refractivity contribution in [1.82, 2.24) is 34.8 Å². The zero-order valence-corrected chi connectivity index (χ0v) is 18.9. The third-order valence-corrected chi connectivity index (χ3v) is 6.39. The third-order valence-electron chi connectivity index (χ3n) is 6.39. The lowest BCUT2D eigenvalue weighted by atomic mass is 9.95. The van der Waals surface area contributed by atoms with E-state index in [1.165, 1.54) is 18.5 Å². The Bertz CT molecular complexity index is 916. The maximum absolute atomic E-state index is 13.2. The van der Waals surface area contributed by atoms with E-state index in [-0.39, 0.29) is 23.9 Å². The molecule has 0 atom stereocenters. The summed E-state index contributed by atoms with van der Waals surface area (Å²) < 4.78 is 4.34. The lowest BCUT2D eigenvalue weighted by Crippen LogP contribution is -2.39. The number of amides is 1. The Morgan fingerprint density at radius 2 is 1.80 bits per heavy atom. The van der Waals surface area contributed by atoms with Gasteiger partial charge in [0.05, 0.1) is 12.1 Å². The zero-order valence-electron chi connectivity index (χ0n) is 18.1. The summed E-state index contributed by atoms with van der Waals surface area (Å²) in [6.07, 6.45) is 4.29. The minimum atomic E-state index is -0.106. The molecule has 3 aliphatic rings. The predicted molar refractivity (Wildman–Crippen MR) is 116 cm³/mol. The van der Waals surface area contributed by atoms with Gasteiger partial charge in [-0.15, -0.1) is 22.6 Å². The molecule has 0 aromatic carbocycles. The van der Waals surface area contributed by atoms with Gasteiger partial charge in [0.2, 0.25) is 0 Å². The largest absolute Gasteiger partial charge is 0.337 e. The van der Waals surface area contributed by atoms with E-state index in [1.807, 2.05) is 11.0 Å². The Morgan fingerprint density at radius 1 is 1.07 bits per heavy atom. The van der Waals surface area contributed by atoms with Gasteiger partial charge >= 0.3 is 0 Å². The van der Waals surface area contributed by atoms with Gasteiger partial charge in [-0.1, -0.05) is 0 Å². The Hall–Kier alpha value is -1.93. The minimum Gasteiger partial charge on any atom is -0.337 e. The summed E-state index contributed by atoms with van der Waals surface area (Å²) in [5.74, 6) is 3.16.